The maximum atomic E-state index is 13.7. The van der Waals surface area contributed by atoms with Gasteiger partial charge in [0.15, 0.2) is 5.72 Å². The Hall–Kier alpha value is -4.30. The van der Waals surface area contributed by atoms with E-state index in [-0.39, 0.29) is 31.5 Å². The van der Waals surface area contributed by atoms with Gasteiger partial charge in [-0.1, -0.05) is 89.9 Å². The second-order valence-corrected chi connectivity index (χ2v) is 11.7. The molecule has 4 aromatic carbocycles. The molecular weight excluding hydrogens is 597 g/mol. The molecule has 0 radical (unpaired) electrons. The molecule has 0 saturated carbocycles. The van der Waals surface area contributed by atoms with Crippen molar-refractivity contribution in [3.8, 4) is 5.75 Å². The van der Waals surface area contributed by atoms with Crippen LogP contribution in [-0.4, -0.2) is 40.4 Å². The van der Waals surface area contributed by atoms with Crippen LogP contribution in [0.5, 0.6) is 5.75 Å². The minimum absolute atomic E-state index is 0.0422. The molecular formula is C35H31Cl2N3O4. The fourth-order valence-electron chi connectivity index (χ4n) is 5.36. The molecule has 2 heterocycles. The fourth-order valence-corrected chi connectivity index (χ4v) is 5.74. The van der Waals surface area contributed by atoms with Gasteiger partial charge in [0.2, 0.25) is 11.8 Å². The third kappa shape index (κ3) is 6.45. The minimum atomic E-state index is -1.15. The molecule has 1 N–H and O–H groups in total. The number of halogens is 2. The lowest BCUT2D eigenvalue weighted by Crippen LogP contribution is -2.57. The molecule has 0 aromatic heterocycles. The van der Waals surface area contributed by atoms with E-state index in [9.17, 15) is 9.59 Å². The second kappa shape index (κ2) is 12.7. The molecule has 7 nitrogen and oxygen atoms in total. The van der Waals surface area contributed by atoms with Gasteiger partial charge in [-0.2, -0.15) is 0 Å². The summed E-state index contributed by atoms with van der Waals surface area (Å²) < 4.78 is 12.6. The van der Waals surface area contributed by atoms with Crippen molar-refractivity contribution in [3.05, 3.63) is 135 Å². The first-order valence-corrected chi connectivity index (χ1v) is 15.0. The van der Waals surface area contributed by atoms with Crippen LogP contribution in [0.3, 0.4) is 0 Å². The number of rotatable bonds is 9. The van der Waals surface area contributed by atoms with Gasteiger partial charge < -0.3 is 24.6 Å². The van der Waals surface area contributed by atoms with Crippen LogP contribution in [0.1, 0.15) is 29.2 Å². The number of hydrogen-bond acceptors (Lipinski definition) is 5. The number of benzene rings is 4. The number of piperazine rings is 1. The van der Waals surface area contributed by atoms with Gasteiger partial charge in [-0.05, 0) is 54.5 Å². The highest BCUT2D eigenvalue weighted by Gasteiger charge is 2.43. The second-order valence-electron chi connectivity index (χ2n) is 10.9. The molecule has 1 saturated heterocycles. The summed E-state index contributed by atoms with van der Waals surface area (Å²) >= 11 is 12.7. The smallest absolute Gasteiger partial charge is 0.247 e. The van der Waals surface area contributed by atoms with Crippen LogP contribution in [-0.2, 0) is 34.1 Å². The lowest BCUT2D eigenvalue weighted by Gasteiger charge is -2.44. The van der Waals surface area contributed by atoms with E-state index in [1.807, 2.05) is 104 Å². The van der Waals surface area contributed by atoms with Crippen LogP contribution in [0, 0.1) is 0 Å². The van der Waals surface area contributed by atoms with Crippen LogP contribution >= 0.6 is 23.2 Å². The molecule has 6 rings (SSSR count). The van der Waals surface area contributed by atoms with Crippen molar-refractivity contribution in [2.45, 2.75) is 32.4 Å². The summed E-state index contributed by atoms with van der Waals surface area (Å²) in [6.45, 7) is 2.56. The first kappa shape index (κ1) is 29.8. The lowest BCUT2D eigenvalue weighted by molar-refractivity contribution is -0.150. The summed E-state index contributed by atoms with van der Waals surface area (Å²) in [6.07, 6.45) is 1.89. The third-order valence-corrected chi connectivity index (χ3v) is 8.52. The number of hydrogen-bond donors (Lipinski definition) is 1. The van der Waals surface area contributed by atoms with Gasteiger partial charge in [0.05, 0.1) is 12.3 Å². The minimum Gasteiger partial charge on any atom is -0.489 e. The van der Waals surface area contributed by atoms with Gasteiger partial charge in [-0.3, -0.25) is 9.59 Å². The Kier molecular flexibility index (Phi) is 8.62. The van der Waals surface area contributed by atoms with Gasteiger partial charge in [-0.15, -0.1) is 0 Å². The molecule has 0 spiro atoms. The van der Waals surface area contributed by atoms with Crippen molar-refractivity contribution in [2.75, 3.05) is 18.4 Å². The van der Waals surface area contributed by atoms with Crippen LogP contribution in [0.15, 0.2) is 103 Å². The van der Waals surface area contributed by atoms with Crippen molar-refractivity contribution in [1.82, 2.24) is 9.80 Å². The predicted molar refractivity (Wildman–Crippen MR) is 172 cm³/mol. The maximum Gasteiger partial charge on any atom is 0.247 e. The first-order valence-electron chi connectivity index (χ1n) is 14.3. The van der Waals surface area contributed by atoms with E-state index in [1.165, 1.54) is 4.90 Å². The molecule has 1 fully saturated rings. The zero-order valence-electron chi connectivity index (χ0n) is 24.1. The largest absolute Gasteiger partial charge is 0.489 e. The summed E-state index contributed by atoms with van der Waals surface area (Å²) in [5, 5.41) is 4.69. The number of amides is 2. The molecule has 1 atom stereocenters. The third-order valence-electron chi connectivity index (χ3n) is 7.78. The molecule has 0 bridgehead atoms. The van der Waals surface area contributed by atoms with E-state index in [1.54, 1.807) is 11.0 Å². The zero-order valence-corrected chi connectivity index (χ0v) is 25.6. The lowest BCUT2D eigenvalue weighted by atomic mass is 9.98. The van der Waals surface area contributed by atoms with Crippen molar-refractivity contribution < 1.29 is 19.1 Å². The molecule has 1 unspecified atom stereocenters. The topological polar surface area (TPSA) is 71.1 Å². The van der Waals surface area contributed by atoms with E-state index in [0.29, 0.717) is 34.6 Å². The Morgan fingerprint density at radius 2 is 1.45 bits per heavy atom. The Labute approximate surface area is 266 Å². The molecule has 224 valence electrons. The van der Waals surface area contributed by atoms with E-state index < -0.39 is 5.72 Å². The van der Waals surface area contributed by atoms with Gasteiger partial charge >= 0.3 is 0 Å². The molecule has 9 heteroatoms. The molecule has 44 heavy (non-hydrogen) atoms. The highest BCUT2D eigenvalue weighted by Crippen LogP contribution is 2.39. The highest BCUT2D eigenvalue weighted by molar-refractivity contribution is 6.31. The molecule has 0 aliphatic carbocycles. The monoisotopic (exact) mass is 627 g/mol. The number of carbonyl (C=O) groups is 2. The standard InChI is InChI=1S/C35H31Cl2N3O4/c1-35(44-23-26-12-6-8-14-30(26)37)32(40-21-33(41)39(20-34(40)42)19-24-9-3-2-4-10-24)18-27-17-28(15-16-31(27)38-35)43-22-25-11-5-7-13-29(25)36/h2-18,38H,19-23H2,1H3. The van der Waals surface area contributed by atoms with Crippen LogP contribution in [0.4, 0.5) is 5.69 Å². The number of nitrogens with zero attached hydrogens (tertiary/aromatic N) is 2. The molecule has 2 amide bonds. The number of fused-ring (bicyclic) bond motifs is 1. The molecule has 4 aromatic rings. The van der Waals surface area contributed by atoms with E-state index in [4.69, 9.17) is 32.7 Å². The Morgan fingerprint density at radius 3 is 2.16 bits per heavy atom. The summed E-state index contributed by atoms with van der Waals surface area (Å²) in [6, 6.07) is 30.3. The zero-order chi connectivity index (χ0) is 30.7. The van der Waals surface area contributed by atoms with Crippen LogP contribution in [0.25, 0.3) is 6.08 Å². The average Bonchev–Trinajstić information content (AvgIpc) is 3.02. The Balaban J connectivity index is 1.29. The van der Waals surface area contributed by atoms with E-state index in [0.717, 1.165) is 27.9 Å². The van der Waals surface area contributed by atoms with Crippen molar-refractivity contribution in [3.63, 3.8) is 0 Å². The number of anilines is 1. The Bertz CT molecular complexity index is 1730. The van der Waals surface area contributed by atoms with E-state index in [2.05, 4.69) is 5.32 Å². The van der Waals surface area contributed by atoms with E-state index >= 15 is 0 Å². The highest BCUT2D eigenvalue weighted by atomic mass is 35.5. The van der Waals surface area contributed by atoms with Crippen LogP contribution in [0.2, 0.25) is 10.0 Å². The fraction of sp³-hybridized carbons (Fsp3) is 0.200. The van der Waals surface area contributed by atoms with Crippen LogP contribution < -0.4 is 10.1 Å². The average molecular weight is 629 g/mol. The summed E-state index contributed by atoms with van der Waals surface area (Å²) in [4.78, 5) is 30.2. The molecule has 2 aliphatic heterocycles. The summed E-state index contributed by atoms with van der Waals surface area (Å²) in [5.74, 6) is 0.290. The predicted octanol–water partition coefficient (Wildman–Crippen LogP) is 7.14. The first-order chi connectivity index (χ1) is 21.3. The number of nitrogens with one attached hydrogen (secondary N) is 1. The normalized spacial score (nSPS) is 18.0. The van der Waals surface area contributed by atoms with Gasteiger partial charge in [0, 0.05) is 33.4 Å². The van der Waals surface area contributed by atoms with Gasteiger partial charge in [0.1, 0.15) is 25.4 Å². The van der Waals surface area contributed by atoms with Gasteiger partial charge in [-0.25, -0.2) is 0 Å². The maximum absolute atomic E-state index is 13.7. The molecule has 2 aliphatic rings. The number of ether oxygens (including phenoxy) is 2. The van der Waals surface area contributed by atoms with Crippen molar-refractivity contribution >= 4 is 46.8 Å². The van der Waals surface area contributed by atoms with Crippen molar-refractivity contribution in [1.29, 1.82) is 0 Å². The quantitative estimate of drug-likeness (QED) is 0.213. The van der Waals surface area contributed by atoms with Crippen molar-refractivity contribution in [2.24, 2.45) is 0 Å². The Morgan fingerprint density at radius 1 is 0.795 bits per heavy atom. The van der Waals surface area contributed by atoms with Gasteiger partial charge in [0.25, 0.3) is 0 Å². The number of carbonyl (C=O) groups excluding carboxylic acids is 2. The summed E-state index contributed by atoms with van der Waals surface area (Å²) in [5.41, 5.74) is 3.61. The SMILES string of the molecule is CC1(OCc2ccccc2Cl)Nc2ccc(OCc3ccccc3Cl)cc2C=C1N1CC(=O)N(Cc2ccccc2)CC1=O. The summed E-state index contributed by atoms with van der Waals surface area (Å²) in [7, 11) is 0.